The Hall–Kier alpha value is -0.810. The summed E-state index contributed by atoms with van der Waals surface area (Å²) < 4.78 is 0. The van der Waals surface area contributed by atoms with Crippen LogP contribution in [-0.4, -0.2) is 17.9 Å². The number of nitrogens with one attached hydrogen (secondary N) is 1. The van der Waals surface area contributed by atoms with Gasteiger partial charge in [-0.3, -0.25) is 10.1 Å². The van der Waals surface area contributed by atoms with Crippen molar-refractivity contribution in [3.63, 3.8) is 0 Å². The van der Waals surface area contributed by atoms with Crippen LogP contribution in [0.1, 0.15) is 0 Å². The minimum Gasteiger partial charge on any atom is -0.356 e. The number of amides is 2. The summed E-state index contributed by atoms with van der Waals surface area (Å²) in [7, 11) is 0. The van der Waals surface area contributed by atoms with Crippen molar-refractivity contribution in [3.8, 4) is 0 Å². The minimum absolute atomic E-state index is 0.297. The number of imide groups is 1. The summed E-state index contributed by atoms with van der Waals surface area (Å²) in [4.78, 5) is 23.8. The third kappa shape index (κ3) is 3.75. The van der Waals surface area contributed by atoms with Crippen molar-refractivity contribution in [2.24, 2.45) is 5.90 Å². The van der Waals surface area contributed by atoms with Gasteiger partial charge in [-0.1, -0.05) is 0 Å². The van der Waals surface area contributed by atoms with Gasteiger partial charge in [-0.2, -0.15) is 5.90 Å². The Balaban J connectivity index is 3.47. The molecule has 5 nitrogen and oxygen atoms in total. The number of nitrogens with two attached hydrogens (primary N) is 1. The number of hydrogen-bond acceptors (Lipinski definition) is 4. The molecule has 9 heavy (non-hydrogen) atoms. The van der Waals surface area contributed by atoms with Gasteiger partial charge in [0.15, 0.2) is 0 Å². The van der Waals surface area contributed by atoms with Gasteiger partial charge >= 0.3 is 6.09 Å². The summed E-state index contributed by atoms with van der Waals surface area (Å²) in [5.41, 5.74) is 0. The van der Waals surface area contributed by atoms with Gasteiger partial charge in [0.1, 0.15) is 5.88 Å². The maximum absolute atomic E-state index is 10.2. The van der Waals surface area contributed by atoms with E-state index in [1.165, 1.54) is 0 Å². The third-order valence-electron chi connectivity index (χ3n) is 0.470. The van der Waals surface area contributed by atoms with Gasteiger partial charge in [0.05, 0.1) is 0 Å². The number of hydrogen-bond donors (Lipinski definition) is 2. The molecule has 0 saturated heterocycles. The lowest BCUT2D eigenvalue weighted by Crippen LogP contribution is -2.33. The van der Waals surface area contributed by atoms with Crippen LogP contribution in [0, 0.1) is 0 Å². The largest absolute Gasteiger partial charge is 0.432 e. The second-order valence-electron chi connectivity index (χ2n) is 1.09. The van der Waals surface area contributed by atoms with E-state index >= 15 is 0 Å². The quantitative estimate of drug-likeness (QED) is 0.387. The first-order valence-electron chi connectivity index (χ1n) is 1.97. The maximum atomic E-state index is 10.2. The van der Waals surface area contributed by atoms with Crippen molar-refractivity contribution in [3.05, 3.63) is 0 Å². The van der Waals surface area contributed by atoms with Gasteiger partial charge in [-0.25, -0.2) is 4.79 Å². The highest BCUT2D eigenvalue weighted by molar-refractivity contribution is 6.28. The van der Waals surface area contributed by atoms with Crippen molar-refractivity contribution < 1.29 is 14.4 Å². The highest BCUT2D eigenvalue weighted by Gasteiger charge is 2.04. The van der Waals surface area contributed by atoms with E-state index in [0.29, 0.717) is 0 Å². The van der Waals surface area contributed by atoms with Crippen molar-refractivity contribution in [1.82, 2.24) is 5.32 Å². The minimum atomic E-state index is -1.01. The number of carbonyl (C=O) groups excluding carboxylic acids is 2. The van der Waals surface area contributed by atoms with E-state index in [4.69, 9.17) is 11.6 Å². The average molecular weight is 153 g/mol. The van der Waals surface area contributed by atoms with E-state index in [1.54, 1.807) is 5.32 Å². The summed E-state index contributed by atoms with van der Waals surface area (Å²) in [6, 6.07) is 0. The molecule has 0 saturated carbocycles. The second kappa shape index (κ2) is 4.11. The molecule has 52 valence electrons. The molecular formula is C3H5ClN2O3. The Labute approximate surface area is 56.1 Å². The standard InChI is InChI=1S/C3H5ClN2O3/c4-1-2(7)6-3(8)9-5/h1,5H2,(H,6,7,8). The van der Waals surface area contributed by atoms with E-state index in [1.807, 2.05) is 0 Å². The summed E-state index contributed by atoms with van der Waals surface area (Å²) in [5.74, 6) is 3.42. The summed E-state index contributed by atoms with van der Waals surface area (Å²) >= 11 is 4.99. The monoisotopic (exact) mass is 152 g/mol. The molecule has 3 N–H and O–H groups in total. The van der Waals surface area contributed by atoms with Gasteiger partial charge in [-0.05, 0) is 0 Å². The topological polar surface area (TPSA) is 81.4 Å². The van der Waals surface area contributed by atoms with Crippen LogP contribution < -0.4 is 11.2 Å². The molecule has 0 aromatic rings. The lowest BCUT2D eigenvalue weighted by Gasteiger charge is -1.95. The van der Waals surface area contributed by atoms with Crippen LogP contribution in [0.15, 0.2) is 0 Å². The normalized spacial score (nSPS) is 8.22. The van der Waals surface area contributed by atoms with Crippen molar-refractivity contribution in [2.45, 2.75) is 0 Å². The van der Waals surface area contributed by atoms with Crippen molar-refractivity contribution >= 4 is 23.6 Å². The third-order valence-corrected chi connectivity index (χ3v) is 0.713. The second-order valence-corrected chi connectivity index (χ2v) is 1.35. The fourth-order valence-electron chi connectivity index (χ4n) is 0.177. The zero-order valence-electron chi connectivity index (χ0n) is 4.39. The molecule has 0 rings (SSSR count). The first-order chi connectivity index (χ1) is 4.20. The van der Waals surface area contributed by atoms with E-state index in [2.05, 4.69) is 10.7 Å². The molecule has 0 aromatic carbocycles. The Morgan fingerprint density at radius 3 is 2.56 bits per heavy atom. The molecule has 2 amide bonds. The zero-order chi connectivity index (χ0) is 7.28. The zero-order valence-corrected chi connectivity index (χ0v) is 5.14. The fourth-order valence-corrected chi connectivity index (χ4v) is 0.244. The smallest absolute Gasteiger partial charge is 0.356 e. The molecule has 0 aliphatic rings. The van der Waals surface area contributed by atoms with Gasteiger partial charge in [0.25, 0.3) is 0 Å². The number of alkyl halides is 1. The highest BCUT2D eigenvalue weighted by Crippen LogP contribution is 1.74. The maximum Gasteiger partial charge on any atom is 0.432 e. The summed E-state index contributed by atoms with van der Waals surface area (Å²) in [5, 5.41) is 1.72. The average Bonchev–Trinajstić information content (AvgIpc) is 1.87. The predicted octanol–water partition coefficient (Wildman–Crippen LogP) is -0.648. The van der Waals surface area contributed by atoms with Crippen LogP contribution in [0.25, 0.3) is 0 Å². The SMILES string of the molecule is NOC(=O)NC(=O)CCl. The van der Waals surface area contributed by atoms with Gasteiger partial charge in [-0.15, -0.1) is 11.6 Å². The Kier molecular flexibility index (Phi) is 3.74. The molecule has 0 unspecified atom stereocenters. The van der Waals surface area contributed by atoms with E-state index in [9.17, 15) is 9.59 Å². The van der Waals surface area contributed by atoms with Crippen LogP contribution in [0.3, 0.4) is 0 Å². The first kappa shape index (κ1) is 8.19. The van der Waals surface area contributed by atoms with E-state index in [-0.39, 0.29) is 5.88 Å². The van der Waals surface area contributed by atoms with Gasteiger partial charge < -0.3 is 4.84 Å². The van der Waals surface area contributed by atoms with Crippen molar-refractivity contribution in [2.75, 3.05) is 5.88 Å². The molecule has 0 aliphatic carbocycles. The van der Waals surface area contributed by atoms with Crippen LogP contribution in [0.2, 0.25) is 0 Å². The lowest BCUT2D eigenvalue weighted by molar-refractivity contribution is -0.118. The molecule has 0 aliphatic heterocycles. The Bertz CT molecular complexity index is 112. The predicted molar refractivity (Wildman–Crippen MR) is 29.5 cm³/mol. The molecule has 0 heterocycles. The molecule has 0 fully saturated rings. The molecule has 0 aromatic heterocycles. The molecule has 0 spiro atoms. The van der Waals surface area contributed by atoms with Crippen LogP contribution in [0.5, 0.6) is 0 Å². The number of halogens is 1. The van der Waals surface area contributed by atoms with Gasteiger partial charge in [0.2, 0.25) is 5.91 Å². The first-order valence-corrected chi connectivity index (χ1v) is 2.50. The summed E-state index contributed by atoms with van der Waals surface area (Å²) in [6.07, 6.45) is -1.01. The van der Waals surface area contributed by atoms with Crippen LogP contribution in [-0.2, 0) is 9.63 Å². The highest BCUT2D eigenvalue weighted by atomic mass is 35.5. The molecule has 0 radical (unpaired) electrons. The fraction of sp³-hybridized carbons (Fsp3) is 0.333. The molecule has 6 heteroatoms. The van der Waals surface area contributed by atoms with E-state index < -0.39 is 12.0 Å². The molecule has 0 bridgehead atoms. The number of carbonyl (C=O) groups is 2. The molecular weight excluding hydrogens is 147 g/mol. The van der Waals surface area contributed by atoms with Crippen molar-refractivity contribution in [1.29, 1.82) is 0 Å². The van der Waals surface area contributed by atoms with E-state index in [0.717, 1.165) is 0 Å². The molecule has 0 atom stereocenters. The Morgan fingerprint density at radius 1 is 1.67 bits per heavy atom. The summed E-state index contributed by atoms with van der Waals surface area (Å²) in [6.45, 7) is 0. The Morgan fingerprint density at radius 2 is 2.22 bits per heavy atom. The van der Waals surface area contributed by atoms with Crippen LogP contribution >= 0.6 is 11.6 Å². The van der Waals surface area contributed by atoms with Crippen LogP contribution in [0.4, 0.5) is 4.79 Å². The number of rotatable bonds is 1. The van der Waals surface area contributed by atoms with Gasteiger partial charge in [0, 0.05) is 0 Å². The lowest BCUT2D eigenvalue weighted by atomic mass is 10.7.